The van der Waals surface area contributed by atoms with Crippen molar-refractivity contribution in [2.24, 2.45) is 0 Å². The summed E-state index contributed by atoms with van der Waals surface area (Å²) in [6.45, 7) is 3.01. The number of rotatable bonds is 6. The first-order chi connectivity index (χ1) is 13.7. The SMILES string of the molecule is CCCCN1C(=S)N[C@@H](c2ccccn2)[C@H]1c1cccn1-c1ccccc1F. The minimum Gasteiger partial charge on any atom is -0.352 e. The Hall–Kier alpha value is -2.73. The molecule has 0 radical (unpaired) electrons. The van der Waals surface area contributed by atoms with E-state index in [4.69, 9.17) is 12.2 Å². The van der Waals surface area contributed by atoms with Gasteiger partial charge in [0.2, 0.25) is 0 Å². The number of thiocarbonyl (C=S) groups is 1. The highest BCUT2D eigenvalue weighted by Gasteiger charge is 2.40. The second-order valence-electron chi connectivity index (χ2n) is 6.93. The van der Waals surface area contributed by atoms with Crippen molar-refractivity contribution in [3.8, 4) is 5.69 Å². The van der Waals surface area contributed by atoms with E-state index in [0.717, 1.165) is 35.9 Å². The maximum Gasteiger partial charge on any atom is 0.170 e. The van der Waals surface area contributed by atoms with Crippen LogP contribution in [0.5, 0.6) is 0 Å². The van der Waals surface area contributed by atoms with Crippen LogP contribution in [-0.2, 0) is 0 Å². The second-order valence-corrected chi connectivity index (χ2v) is 7.31. The number of hydrogen-bond donors (Lipinski definition) is 1. The van der Waals surface area contributed by atoms with E-state index in [0.29, 0.717) is 5.69 Å². The Balaban J connectivity index is 1.81. The van der Waals surface area contributed by atoms with Gasteiger partial charge in [0.15, 0.2) is 5.11 Å². The molecule has 1 aromatic carbocycles. The van der Waals surface area contributed by atoms with Crippen LogP contribution in [0.3, 0.4) is 0 Å². The maximum atomic E-state index is 14.5. The summed E-state index contributed by atoms with van der Waals surface area (Å²) in [5, 5.41) is 4.17. The molecule has 2 aromatic heterocycles. The van der Waals surface area contributed by atoms with Crippen molar-refractivity contribution in [2.45, 2.75) is 31.8 Å². The molecule has 4 nitrogen and oxygen atoms in total. The number of para-hydroxylation sites is 1. The Kier molecular flexibility index (Phi) is 5.39. The molecule has 4 rings (SSSR count). The van der Waals surface area contributed by atoms with Crippen molar-refractivity contribution in [3.05, 3.63) is 84.2 Å². The predicted octanol–water partition coefficient (Wildman–Crippen LogP) is 4.78. The highest BCUT2D eigenvalue weighted by molar-refractivity contribution is 7.80. The maximum absolute atomic E-state index is 14.5. The van der Waals surface area contributed by atoms with E-state index in [1.54, 1.807) is 18.3 Å². The van der Waals surface area contributed by atoms with E-state index in [2.05, 4.69) is 22.1 Å². The first kappa shape index (κ1) is 18.6. The van der Waals surface area contributed by atoms with Crippen molar-refractivity contribution < 1.29 is 4.39 Å². The molecule has 2 atom stereocenters. The van der Waals surface area contributed by atoms with Gasteiger partial charge in [-0.25, -0.2) is 4.39 Å². The van der Waals surface area contributed by atoms with Crippen LogP contribution in [0.1, 0.15) is 43.2 Å². The van der Waals surface area contributed by atoms with E-state index in [-0.39, 0.29) is 17.9 Å². The molecule has 0 bridgehead atoms. The minimum absolute atomic E-state index is 0.0662. The van der Waals surface area contributed by atoms with Gasteiger partial charge in [-0.15, -0.1) is 0 Å². The zero-order chi connectivity index (χ0) is 19.5. The number of benzene rings is 1. The van der Waals surface area contributed by atoms with Gasteiger partial charge in [-0.1, -0.05) is 31.5 Å². The molecule has 144 valence electrons. The van der Waals surface area contributed by atoms with Crippen LogP contribution in [-0.4, -0.2) is 26.1 Å². The van der Waals surface area contributed by atoms with Crippen molar-refractivity contribution in [1.82, 2.24) is 19.8 Å². The molecule has 1 N–H and O–H groups in total. The number of hydrogen-bond acceptors (Lipinski definition) is 2. The zero-order valence-electron chi connectivity index (χ0n) is 15.8. The van der Waals surface area contributed by atoms with E-state index >= 15 is 0 Å². The Labute approximate surface area is 170 Å². The van der Waals surface area contributed by atoms with Gasteiger partial charge in [-0.3, -0.25) is 4.98 Å². The lowest BCUT2D eigenvalue weighted by molar-refractivity contribution is 0.304. The van der Waals surface area contributed by atoms with E-state index in [1.165, 1.54) is 6.07 Å². The molecule has 3 aromatic rings. The van der Waals surface area contributed by atoms with Gasteiger partial charge in [-0.2, -0.15) is 0 Å². The smallest absolute Gasteiger partial charge is 0.170 e. The highest BCUT2D eigenvalue weighted by atomic mass is 32.1. The first-order valence-electron chi connectivity index (χ1n) is 9.61. The van der Waals surface area contributed by atoms with Crippen molar-refractivity contribution in [2.75, 3.05) is 6.54 Å². The van der Waals surface area contributed by atoms with Crippen molar-refractivity contribution in [3.63, 3.8) is 0 Å². The molecule has 0 unspecified atom stereocenters. The third-order valence-corrected chi connectivity index (χ3v) is 5.50. The number of pyridine rings is 1. The Morgan fingerprint density at radius 2 is 1.93 bits per heavy atom. The fraction of sp³-hybridized carbons (Fsp3) is 0.273. The van der Waals surface area contributed by atoms with Gasteiger partial charge in [0.1, 0.15) is 5.82 Å². The topological polar surface area (TPSA) is 33.1 Å². The van der Waals surface area contributed by atoms with Gasteiger partial charge in [0, 0.05) is 24.6 Å². The monoisotopic (exact) mass is 394 g/mol. The summed E-state index contributed by atoms with van der Waals surface area (Å²) in [6, 6.07) is 16.6. The van der Waals surface area contributed by atoms with Crippen LogP contribution in [0.15, 0.2) is 67.0 Å². The molecule has 6 heteroatoms. The van der Waals surface area contributed by atoms with Gasteiger partial charge in [0.25, 0.3) is 0 Å². The van der Waals surface area contributed by atoms with Crippen LogP contribution < -0.4 is 5.32 Å². The average Bonchev–Trinajstić information content (AvgIpc) is 3.31. The van der Waals surface area contributed by atoms with Crippen LogP contribution in [0.2, 0.25) is 0 Å². The Morgan fingerprint density at radius 1 is 1.11 bits per heavy atom. The Morgan fingerprint density at radius 3 is 2.68 bits per heavy atom. The largest absolute Gasteiger partial charge is 0.352 e. The lowest BCUT2D eigenvalue weighted by Gasteiger charge is -2.29. The first-order valence-corrected chi connectivity index (χ1v) is 10.0. The van der Waals surface area contributed by atoms with Gasteiger partial charge in [-0.05, 0) is 55.0 Å². The third kappa shape index (κ3) is 3.40. The van der Waals surface area contributed by atoms with Gasteiger partial charge < -0.3 is 14.8 Å². The van der Waals surface area contributed by atoms with Crippen molar-refractivity contribution >= 4 is 17.3 Å². The summed E-state index contributed by atoms with van der Waals surface area (Å²) < 4.78 is 16.4. The minimum atomic E-state index is -0.247. The summed E-state index contributed by atoms with van der Waals surface area (Å²) in [5.41, 5.74) is 2.45. The molecule has 1 fully saturated rings. The molecule has 0 amide bonds. The van der Waals surface area contributed by atoms with Gasteiger partial charge in [0.05, 0.1) is 23.5 Å². The summed E-state index contributed by atoms with van der Waals surface area (Å²) in [4.78, 5) is 6.77. The van der Waals surface area contributed by atoms with Crippen LogP contribution >= 0.6 is 12.2 Å². The predicted molar refractivity (Wildman–Crippen MR) is 113 cm³/mol. The van der Waals surface area contributed by atoms with Crippen LogP contribution in [0.4, 0.5) is 4.39 Å². The van der Waals surface area contributed by atoms with E-state index < -0.39 is 0 Å². The number of nitrogens with one attached hydrogen (secondary N) is 1. The summed E-state index contributed by atoms with van der Waals surface area (Å²) in [5.74, 6) is -0.247. The summed E-state index contributed by atoms with van der Waals surface area (Å²) in [6.07, 6.45) is 5.81. The van der Waals surface area contributed by atoms with Crippen LogP contribution in [0, 0.1) is 5.82 Å². The molecular weight excluding hydrogens is 371 g/mol. The third-order valence-electron chi connectivity index (χ3n) is 5.15. The molecule has 0 aliphatic carbocycles. The standard InChI is InChI=1S/C22H23FN4S/c1-2-3-14-27-21(20(25-22(27)28)17-10-6-7-13-24-17)19-12-8-15-26(19)18-11-5-4-9-16(18)23/h4-13,15,20-21H,2-3,14H2,1H3,(H,25,28)/t20-,21+/m0/s1. The second kappa shape index (κ2) is 8.10. The fourth-order valence-corrected chi connectivity index (χ4v) is 4.13. The molecule has 0 spiro atoms. The van der Waals surface area contributed by atoms with Crippen molar-refractivity contribution in [1.29, 1.82) is 0 Å². The molecule has 1 aliphatic heterocycles. The molecule has 0 saturated carbocycles. The fourth-order valence-electron chi connectivity index (χ4n) is 3.80. The number of unbranched alkanes of at least 4 members (excludes halogenated alkanes) is 1. The normalized spacial score (nSPS) is 19.1. The average molecular weight is 395 g/mol. The summed E-state index contributed by atoms with van der Waals surface area (Å²) >= 11 is 5.67. The molecule has 28 heavy (non-hydrogen) atoms. The lowest BCUT2D eigenvalue weighted by Crippen LogP contribution is -2.31. The lowest BCUT2D eigenvalue weighted by atomic mass is 10.0. The quantitative estimate of drug-likeness (QED) is 0.610. The molecular formula is C22H23FN4S. The number of nitrogens with zero attached hydrogens (tertiary/aromatic N) is 3. The Bertz CT molecular complexity index is 956. The number of halogens is 1. The number of aromatic nitrogens is 2. The zero-order valence-corrected chi connectivity index (χ0v) is 16.6. The van der Waals surface area contributed by atoms with Gasteiger partial charge >= 0.3 is 0 Å². The highest BCUT2D eigenvalue weighted by Crippen LogP contribution is 2.39. The summed E-state index contributed by atoms with van der Waals surface area (Å²) in [7, 11) is 0. The van der Waals surface area contributed by atoms with Crippen LogP contribution in [0.25, 0.3) is 5.69 Å². The van der Waals surface area contributed by atoms with E-state index in [1.807, 2.05) is 47.2 Å². The van der Waals surface area contributed by atoms with E-state index in [9.17, 15) is 4.39 Å². The molecule has 1 aliphatic rings. The molecule has 3 heterocycles. The molecule has 1 saturated heterocycles.